The van der Waals surface area contributed by atoms with Gasteiger partial charge in [0.25, 0.3) is 0 Å². The molecule has 1 rings (SSSR count). The summed E-state index contributed by atoms with van der Waals surface area (Å²) in [6.07, 6.45) is 4.52. The lowest BCUT2D eigenvalue weighted by molar-refractivity contribution is 0.208. The van der Waals surface area contributed by atoms with Crippen LogP contribution >= 0.6 is 0 Å². The summed E-state index contributed by atoms with van der Waals surface area (Å²) in [4.78, 5) is 8.42. The van der Waals surface area contributed by atoms with Gasteiger partial charge in [-0.1, -0.05) is 0 Å². The number of hydrogen-bond donors (Lipinski definition) is 3. The molecule has 0 unspecified atom stereocenters. The van der Waals surface area contributed by atoms with Crippen LogP contribution < -0.4 is 16.6 Å². The van der Waals surface area contributed by atoms with E-state index in [1.54, 1.807) is 13.3 Å². The van der Waals surface area contributed by atoms with Crippen LogP contribution in [0.3, 0.4) is 0 Å². The Morgan fingerprint density at radius 3 is 3.06 bits per heavy atom. The summed E-state index contributed by atoms with van der Waals surface area (Å²) in [5.74, 6) is 6.92. The molecule has 4 N–H and O–H groups in total. The molecule has 0 saturated heterocycles. The van der Waals surface area contributed by atoms with E-state index in [0.29, 0.717) is 19.1 Å². The average Bonchev–Trinajstić information content (AvgIpc) is 2.73. The monoisotopic (exact) mass is 240 g/mol. The average molecular weight is 240 g/mol. The number of ether oxygens (including phenoxy) is 1. The highest BCUT2D eigenvalue weighted by molar-refractivity contribution is 5.79. The van der Waals surface area contributed by atoms with Crippen molar-refractivity contribution in [3.8, 4) is 0 Å². The number of aryl methyl sites for hydroxylation is 1. The Balaban J connectivity index is 2.28. The number of aromatic nitrogens is 2. The van der Waals surface area contributed by atoms with E-state index in [1.165, 1.54) is 0 Å². The van der Waals surface area contributed by atoms with Crippen LogP contribution in [0.25, 0.3) is 0 Å². The molecule has 0 aliphatic carbocycles. The first-order valence-corrected chi connectivity index (χ1v) is 5.48. The molecular formula is C10H20N6O. The minimum Gasteiger partial charge on any atom is -0.383 e. The van der Waals surface area contributed by atoms with Crippen molar-refractivity contribution in [3.63, 3.8) is 0 Å². The van der Waals surface area contributed by atoms with Gasteiger partial charge in [0.2, 0.25) is 5.96 Å². The molecular weight excluding hydrogens is 220 g/mol. The molecule has 0 aliphatic heterocycles. The van der Waals surface area contributed by atoms with Gasteiger partial charge in [-0.25, -0.2) is 15.8 Å². The van der Waals surface area contributed by atoms with Crippen molar-refractivity contribution in [1.29, 1.82) is 0 Å². The van der Waals surface area contributed by atoms with Crippen molar-refractivity contribution in [2.45, 2.75) is 6.42 Å². The molecule has 7 heteroatoms. The number of imidazole rings is 1. The summed E-state index contributed by atoms with van der Waals surface area (Å²) in [7, 11) is 3.61. The number of methoxy groups -OCH3 is 1. The van der Waals surface area contributed by atoms with Gasteiger partial charge in [0.15, 0.2) is 0 Å². The smallest absolute Gasteiger partial charge is 0.205 e. The SMILES string of the molecule is COCCN=C(NN)NCCc1nccn1C. The number of nitrogens with one attached hydrogen (secondary N) is 2. The van der Waals surface area contributed by atoms with Crippen LogP contribution in [-0.2, 0) is 18.2 Å². The Morgan fingerprint density at radius 2 is 2.47 bits per heavy atom. The van der Waals surface area contributed by atoms with E-state index in [2.05, 4.69) is 20.7 Å². The minimum absolute atomic E-state index is 0.566. The normalized spacial score (nSPS) is 11.6. The number of guanidine groups is 1. The molecule has 1 aromatic heterocycles. The molecule has 0 bridgehead atoms. The maximum atomic E-state index is 5.34. The quantitative estimate of drug-likeness (QED) is 0.195. The highest BCUT2D eigenvalue weighted by Gasteiger charge is 2.00. The fourth-order valence-electron chi connectivity index (χ4n) is 1.33. The number of rotatable bonds is 6. The van der Waals surface area contributed by atoms with Crippen LogP contribution in [0.1, 0.15) is 5.82 Å². The summed E-state index contributed by atoms with van der Waals surface area (Å²) in [6.45, 7) is 1.87. The number of aliphatic imine (C=N–C) groups is 1. The number of hydrazine groups is 1. The van der Waals surface area contributed by atoms with Crippen LogP contribution in [0.15, 0.2) is 17.4 Å². The van der Waals surface area contributed by atoms with Gasteiger partial charge in [-0.3, -0.25) is 5.43 Å². The lowest BCUT2D eigenvalue weighted by Crippen LogP contribution is -2.42. The fraction of sp³-hybridized carbons (Fsp3) is 0.600. The van der Waals surface area contributed by atoms with Crippen LogP contribution in [-0.4, -0.2) is 42.3 Å². The summed E-state index contributed by atoms with van der Waals surface area (Å²) in [5.41, 5.74) is 2.51. The predicted molar refractivity (Wildman–Crippen MR) is 66.4 cm³/mol. The van der Waals surface area contributed by atoms with E-state index in [0.717, 1.165) is 18.8 Å². The van der Waals surface area contributed by atoms with E-state index in [1.807, 2.05) is 17.8 Å². The zero-order chi connectivity index (χ0) is 12.5. The highest BCUT2D eigenvalue weighted by atomic mass is 16.5. The second-order valence-corrected chi connectivity index (χ2v) is 3.50. The van der Waals surface area contributed by atoms with Gasteiger partial charge < -0.3 is 14.6 Å². The van der Waals surface area contributed by atoms with Gasteiger partial charge in [0.05, 0.1) is 13.2 Å². The zero-order valence-electron chi connectivity index (χ0n) is 10.3. The van der Waals surface area contributed by atoms with E-state index < -0.39 is 0 Å². The molecule has 1 aromatic rings. The Kier molecular flexibility index (Phi) is 6.05. The first kappa shape index (κ1) is 13.5. The van der Waals surface area contributed by atoms with Crippen molar-refractivity contribution < 1.29 is 4.74 Å². The van der Waals surface area contributed by atoms with Crippen molar-refractivity contribution in [2.75, 3.05) is 26.8 Å². The van der Waals surface area contributed by atoms with Crippen LogP contribution in [0.4, 0.5) is 0 Å². The molecule has 0 radical (unpaired) electrons. The summed E-state index contributed by atoms with van der Waals surface area (Å²) in [6, 6.07) is 0. The van der Waals surface area contributed by atoms with E-state index in [-0.39, 0.29) is 0 Å². The molecule has 17 heavy (non-hydrogen) atoms. The van der Waals surface area contributed by atoms with E-state index in [4.69, 9.17) is 10.6 Å². The van der Waals surface area contributed by atoms with Gasteiger partial charge in [-0.2, -0.15) is 0 Å². The van der Waals surface area contributed by atoms with Crippen LogP contribution in [0, 0.1) is 0 Å². The molecule has 0 aromatic carbocycles. The maximum absolute atomic E-state index is 5.34. The first-order chi connectivity index (χ1) is 8.27. The second kappa shape index (κ2) is 7.64. The largest absolute Gasteiger partial charge is 0.383 e. The molecule has 7 nitrogen and oxygen atoms in total. The minimum atomic E-state index is 0.566. The van der Waals surface area contributed by atoms with Gasteiger partial charge >= 0.3 is 0 Å². The predicted octanol–water partition coefficient (Wildman–Crippen LogP) is -0.982. The summed E-state index contributed by atoms with van der Waals surface area (Å²) < 4.78 is 6.88. The Hall–Kier alpha value is -1.60. The maximum Gasteiger partial charge on any atom is 0.205 e. The Bertz CT molecular complexity index is 348. The lowest BCUT2D eigenvalue weighted by Gasteiger charge is -2.08. The summed E-state index contributed by atoms with van der Waals surface area (Å²) in [5, 5.41) is 3.10. The van der Waals surface area contributed by atoms with Crippen LogP contribution in [0.5, 0.6) is 0 Å². The Labute approximate surface area is 101 Å². The van der Waals surface area contributed by atoms with Gasteiger partial charge in [0.1, 0.15) is 5.82 Å². The number of nitrogens with two attached hydrogens (primary N) is 1. The third-order valence-electron chi connectivity index (χ3n) is 2.26. The lowest BCUT2D eigenvalue weighted by atomic mass is 10.4. The standard InChI is InChI=1S/C10H20N6O/c1-16-7-5-12-9(16)3-4-13-10(15-11)14-6-8-17-2/h5,7H,3-4,6,8,11H2,1-2H3,(H2,13,14,15). The number of hydrogen-bond acceptors (Lipinski definition) is 4. The van der Waals surface area contributed by atoms with E-state index >= 15 is 0 Å². The third-order valence-corrected chi connectivity index (χ3v) is 2.26. The molecule has 0 aliphatic rings. The second-order valence-electron chi connectivity index (χ2n) is 3.50. The molecule has 0 amide bonds. The zero-order valence-corrected chi connectivity index (χ0v) is 10.3. The van der Waals surface area contributed by atoms with Crippen molar-refractivity contribution in [3.05, 3.63) is 18.2 Å². The Morgan fingerprint density at radius 1 is 1.65 bits per heavy atom. The van der Waals surface area contributed by atoms with Crippen molar-refractivity contribution in [1.82, 2.24) is 20.3 Å². The molecule has 0 atom stereocenters. The van der Waals surface area contributed by atoms with Crippen molar-refractivity contribution in [2.24, 2.45) is 17.9 Å². The summed E-state index contributed by atoms with van der Waals surface area (Å²) >= 11 is 0. The third kappa shape index (κ3) is 4.83. The highest BCUT2D eigenvalue weighted by Crippen LogP contribution is 1.93. The van der Waals surface area contributed by atoms with Crippen molar-refractivity contribution >= 4 is 5.96 Å². The molecule has 96 valence electrons. The van der Waals surface area contributed by atoms with Gasteiger partial charge in [0, 0.05) is 39.5 Å². The first-order valence-electron chi connectivity index (χ1n) is 5.48. The molecule has 0 spiro atoms. The van der Waals surface area contributed by atoms with Crippen LogP contribution in [0.2, 0.25) is 0 Å². The van der Waals surface area contributed by atoms with Gasteiger partial charge in [-0.15, -0.1) is 0 Å². The number of nitrogens with zero attached hydrogens (tertiary/aromatic N) is 3. The molecule has 0 saturated carbocycles. The molecule has 0 fully saturated rings. The molecule has 1 heterocycles. The topological polar surface area (TPSA) is 89.5 Å². The van der Waals surface area contributed by atoms with Gasteiger partial charge in [-0.05, 0) is 0 Å². The van der Waals surface area contributed by atoms with E-state index in [9.17, 15) is 0 Å². The fourth-order valence-corrected chi connectivity index (χ4v) is 1.33.